The average molecular weight is 295 g/mol. The number of carbonyl (C=O) groups excluding carboxylic acids is 1. The van der Waals surface area contributed by atoms with E-state index in [0.717, 1.165) is 29.0 Å². The van der Waals surface area contributed by atoms with Gasteiger partial charge in [-0.05, 0) is 43.0 Å². The van der Waals surface area contributed by atoms with Gasteiger partial charge in [0.2, 0.25) is 5.91 Å². The van der Waals surface area contributed by atoms with Crippen LogP contribution in [0.4, 0.5) is 5.69 Å². The SMILES string of the molecule is CCCOc1ccccc1C[C@@H]1C(=O)Nc2ccc(C)cc21. The van der Waals surface area contributed by atoms with Crippen molar-refractivity contribution in [3.63, 3.8) is 0 Å². The van der Waals surface area contributed by atoms with Gasteiger partial charge >= 0.3 is 0 Å². The molecule has 3 heteroatoms. The fourth-order valence-corrected chi connectivity index (χ4v) is 2.89. The summed E-state index contributed by atoms with van der Waals surface area (Å²) in [6, 6.07) is 14.1. The zero-order valence-electron chi connectivity index (χ0n) is 13.1. The molecule has 0 bridgehead atoms. The van der Waals surface area contributed by atoms with Crippen molar-refractivity contribution in [1.29, 1.82) is 0 Å². The number of ether oxygens (including phenoxy) is 1. The number of hydrogen-bond donors (Lipinski definition) is 1. The Hall–Kier alpha value is -2.29. The molecule has 0 fully saturated rings. The van der Waals surface area contributed by atoms with Crippen LogP contribution in [-0.4, -0.2) is 12.5 Å². The largest absolute Gasteiger partial charge is 0.493 e. The fourth-order valence-electron chi connectivity index (χ4n) is 2.89. The van der Waals surface area contributed by atoms with Crippen LogP contribution in [0, 0.1) is 6.92 Å². The Labute approximate surface area is 131 Å². The van der Waals surface area contributed by atoms with Crippen molar-refractivity contribution < 1.29 is 9.53 Å². The Bertz CT molecular complexity index is 694. The van der Waals surface area contributed by atoms with Crippen LogP contribution in [0.2, 0.25) is 0 Å². The van der Waals surface area contributed by atoms with E-state index in [9.17, 15) is 4.79 Å². The highest BCUT2D eigenvalue weighted by Crippen LogP contribution is 2.36. The maximum Gasteiger partial charge on any atom is 0.232 e. The first-order valence-electron chi connectivity index (χ1n) is 7.81. The van der Waals surface area contributed by atoms with E-state index in [2.05, 4.69) is 25.2 Å². The Morgan fingerprint density at radius 1 is 1.18 bits per heavy atom. The molecule has 0 aromatic heterocycles. The Morgan fingerprint density at radius 2 is 2.00 bits per heavy atom. The molecule has 2 aromatic carbocycles. The Morgan fingerprint density at radius 3 is 2.82 bits per heavy atom. The first-order valence-corrected chi connectivity index (χ1v) is 7.81. The zero-order chi connectivity index (χ0) is 15.5. The van der Waals surface area contributed by atoms with Crippen LogP contribution in [0.3, 0.4) is 0 Å². The number of nitrogens with one attached hydrogen (secondary N) is 1. The molecule has 1 aliphatic rings. The average Bonchev–Trinajstić information content (AvgIpc) is 2.82. The van der Waals surface area contributed by atoms with E-state index >= 15 is 0 Å². The van der Waals surface area contributed by atoms with Crippen LogP contribution in [0.5, 0.6) is 5.75 Å². The van der Waals surface area contributed by atoms with E-state index < -0.39 is 0 Å². The molecular formula is C19H21NO2. The molecule has 1 heterocycles. The normalized spacial score (nSPS) is 16.3. The van der Waals surface area contributed by atoms with Crippen LogP contribution < -0.4 is 10.1 Å². The molecule has 0 aliphatic carbocycles. The van der Waals surface area contributed by atoms with E-state index in [1.165, 1.54) is 5.56 Å². The number of aryl methyl sites for hydroxylation is 1. The van der Waals surface area contributed by atoms with E-state index in [4.69, 9.17) is 4.74 Å². The van der Waals surface area contributed by atoms with Gasteiger partial charge in [-0.25, -0.2) is 0 Å². The standard InChI is InChI=1S/C19H21NO2/c1-3-10-22-18-7-5-4-6-14(18)12-16-15-11-13(2)8-9-17(15)20-19(16)21/h4-9,11,16H,3,10,12H2,1-2H3,(H,20,21)/t16-/m0/s1. The third-order valence-electron chi connectivity index (χ3n) is 4.02. The highest BCUT2D eigenvalue weighted by molar-refractivity contribution is 6.03. The Kier molecular flexibility index (Phi) is 4.14. The van der Waals surface area contributed by atoms with Gasteiger partial charge < -0.3 is 10.1 Å². The number of amides is 1. The van der Waals surface area contributed by atoms with E-state index in [-0.39, 0.29) is 11.8 Å². The van der Waals surface area contributed by atoms with Gasteiger partial charge in [0.05, 0.1) is 12.5 Å². The number of anilines is 1. The molecule has 0 saturated carbocycles. The molecule has 0 saturated heterocycles. The minimum absolute atomic E-state index is 0.0749. The molecule has 0 radical (unpaired) electrons. The molecule has 1 aliphatic heterocycles. The lowest BCUT2D eigenvalue weighted by Gasteiger charge is -2.14. The van der Waals surface area contributed by atoms with Gasteiger partial charge in [0, 0.05) is 5.69 Å². The number of fused-ring (bicyclic) bond motifs is 1. The van der Waals surface area contributed by atoms with Crippen molar-refractivity contribution in [1.82, 2.24) is 0 Å². The second-order valence-electron chi connectivity index (χ2n) is 5.79. The maximum atomic E-state index is 12.3. The molecule has 1 atom stereocenters. The van der Waals surface area contributed by atoms with E-state index in [1.54, 1.807) is 0 Å². The summed E-state index contributed by atoms with van der Waals surface area (Å²) in [7, 11) is 0. The van der Waals surface area contributed by atoms with Gasteiger partial charge in [0.1, 0.15) is 5.75 Å². The van der Waals surface area contributed by atoms with Crippen LogP contribution in [-0.2, 0) is 11.2 Å². The van der Waals surface area contributed by atoms with Crippen molar-refractivity contribution in [2.75, 3.05) is 11.9 Å². The molecule has 0 spiro atoms. The van der Waals surface area contributed by atoms with Crippen molar-refractivity contribution in [2.24, 2.45) is 0 Å². The monoisotopic (exact) mass is 295 g/mol. The van der Waals surface area contributed by atoms with Crippen molar-refractivity contribution >= 4 is 11.6 Å². The predicted molar refractivity (Wildman–Crippen MR) is 88.5 cm³/mol. The summed E-state index contributed by atoms with van der Waals surface area (Å²) in [5.41, 5.74) is 4.30. The summed E-state index contributed by atoms with van der Waals surface area (Å²) < 4.78 is 5.81. The highest BCUT2D eigenvalue weighted by Gasteiger charge is 2.31. The number of rotatable bonds is 5. The number of benzene rings is 2. The zero-order valence-corrected chi connectivity index (χ0v) is 13.1. The molecule has 1 N–H and O–H groups in total. The Balaban J connectivity index is 1.88. The lowest BCUT2D eigenvalue weighted by Crippen LogP contribution is -2.15. The third-order valence-corrected chi connectivity index (χ3v) is 4.02. The molecule has 114 valence electrons. The minimum atomic E-state index is -0.138. The van der Waals surface area contributed by atoms with Crippen LogP contribution in [0.25, 0.3) is 0 Å². The number of carbonyl (C=O) groups is 1. The first-order chi connectivity index (χ1) is 10.7. The van der Waals surface area contributed by atoms with Gasteiger partial charge in [0.25, 0.3) is 0 Å². The second kappa shape index (κ2) is 6.22. The topological polar surface area (TPSA) is 38.3 Å². The summed E-state index contributed by atoms with van der Waals surface area (Å²) in [5.74, 6) is 0.824. The smallest absolute Gasteiger partial charge is 0.232 e. The van der Waals surface area contributed by atoms with Gasteiger partial charge in [-0.3, -0.25) is 4.79 Å². The highest BCUT2D eigenvalue weighted by atomic mass is 16.5. The quantitative estimate of drug-likeness (QED) is 0.903. The van der Waals surface area contributed by atoms with Gasteiger partial charge in [-0.1, -0.05) is 42.8 Å². The van der Waals surface area contributed by atoms with Gasteiger partial charge in [-0.2, -0.15) is 0 Å². The minimum Gasteiger partial charge on any atom is -0.493 e. The van der Waals surface area contributed by atoms with Gasteiger partial charge in [0.15, 0.2) is 0 Å². The van der Waals surface area contributed by atoms with Crippen LogP contribution in [0.15, 0.2) is 42.5 Å². The number of hydrogen-bond acceptors (Lipinski definition) is 2. The summed E-state index contributed by atoms with van der Waals surface area (Å²) in [4.78, 5) is 12.3. The number of para-hydroxylation sites is 1. The maximum absolute atomic E-state index is 12.3. The summed E-state index contributed by atoms with van der Waals surface area (Å²) in [5, 5.41) is 2.98. The summed E-state index contributed by atoms with van der Waals surface area (Å²) in [6.07, 6.45) is 1.64. The lowest BCUT2D eigenvalue weighted by atomic mass is 9.92. The molecule has 22 heavy (non-hydrogen) atoms. The van der Waals surface area contributed by atoms with Crippen molar-refractivity contribution in [3.05, 3.63) is 59.2 Å². The summed E-state index contributed by atoms with van der Waals surface area (Å²) >= 11 is 0. The van der Waals surface area contributed by atoms with Crippen LogP contribution in [0.1, 0.15) is 36.0 Å². The first kappa shape index (κ1) is 14.6. The second-order valence-corrected chi connectivity index (χ2v) is 5.79. The summed E-state index contributed by atoms with van der Waals surface area (Å²) in [6.45, 7) is 4.84. The lowest BCUT2D eigenvalue weighted by molar-refractivity contribution is -0.117. The third kappa shape index (κ3) is 2.84. The molecule has 2 aromatic rings. The predicted octanol–water partition coefficient (Wildman–Crippen LogP) is 4.06. The van der Waals surface area contributed by atoms with E-state index in [0.29, 0.717) is 13.0 Å². The van der Waals surface area contributed by atoms with Crippen LogP contribution >= 0.6 is 0 Å². The van der Waals surface area contributed by atoms with Gasteiger partial charge in [-0.15, -0.1) is 0 Å². The van der Waals surface area contributed by atoms with Crippen molar-refractivity contribution in [3.8, 4) is 5.75 Å². The molecular weight excluding hydrogens is 274 g/mol. The van der Waals surface area contributed by atoms with E-state index in [1.807, 2.05) is 36.4 Å². The molecule has 3 nitrogen and oxygen atoms in total. The molecule has 1 amide bonds. The molecule has 3 rings (SSSR count). The molecule has 0 unspecified atom stereocenters. The van der Waals surface area contributed by atoms with Crippen molar-refractivity contribution in [2.45, 2.75) is 32.6 Å². The fraction of sp³-hybridized carbons (Fsp3) is 0.316.